The number of rotatable bonds is 2. The number of hydrogen-bond acceptors (Lipinski definition) is 2. The van der Waals surface area contributed by atoms with Crippen LogP contribution in [0.25, 0.3) is 0 Å². The van der Waals surface area contributed by atoms with Crippen LogP contribution in [0.15, 0.2) is 35.1 Å². The van der Waals surface area contributed by atoms with Crippen LogP contribution in [0.4, 0.5) is 8.78 Å². The van der Waals surface area contributed by atoms with Crippen molar-refractivity contribution >= 4 is 15.9 Å². The summed E-state index contributed by atoms with van der Waals surface area (Å²) in [5.41, 5.74) is 6.94. The molecular formula is C13H11BrF2N2. The van der Waals surface area contributed by atoms with Gasteiger partial charge in [-0.1, -0.05) is 12.1 Å². The molecule has 0 bridgehead atoms. The molecule has 0 aliphatic carbocycles. The largest absolute Gasteiger partial charge is 0.320 e. The molecule has 0 fully saturated rings. The van der Waals surface area contributed by atoms with Crippen molar-refractivity contribution in [1.29, 1.82) is 0 Å². The number of nitrogens with zero attached hydrogens (tertiary/aromatic N) is 1. The van der Waals surface area contributed by atoms with E-state index in [1.54, 1.807) is 12.3 Å². The molecule has 0 spiro atoms. The maximum absolute atomic E-state index is 13.8. The molecule has 18 heavy (non-hydrogen) atoms. The highest BCUT2D eigenvalue weighted by molar-refractivity contribution is 9.10. The molecule has 1 unspecified atom stereocenters. The third kappa shape index (κ3) is 2.42. The predicted molar refractivity (Wildman–Crippen MR) is 69.1 cm³/mol. The normalized spacial score (nSPS) is 12.5. The van der Waals surface area contributed by atoms with Crippen molar-refractivity contribution in [2.75, 3.05) is 0 Å². The van der Waals surface area contributed by atoms with Gasteiger partial charge in [-0.2, -0.15) is 0 Å². The Hall–Kier alpha value is -1.33. The number of pyridine rings is 1. The molecule has 0 radical (unpaired) electrons. The number of hydrogen-bond donors (Lipinski definition) is 1. The lowest BCUT2D eigenvalue weighted by atomic mass is 9.99. The van der Waals surface area contributed by atoms with Gasteiger partial charge in [-0.25, -0.2) is 8.78 Å². The Labute approximate surface area is 112 Å². The minimum atomic E-state index is -0.900. The summed E-state index contributed by atoms with van der Waals surface area (Å²) in [6.07, 6.45) is 3.13. The summed E-state index contributed by atoms with van der Waals surface area (Å²) >= 11 is 3.26. The van der Waals surface area contributed by atoms with Gasteiger partial charge in [-0.3, -0.25) is 4.98 Å². The molecule has 1 atom stereocenters. The van der Waals surface area contributed by atoms with Crippen LogP contribution < -0.4 is 5.73 Å². The Kier molecular flexibility index (Phi) is 3.73. The lowest BCUT2D eigenvalue weighted by molar-refractivity contribution is 0.489. The average Bonchev–Trinajstić information content (AvgIpc) is 2.35. The van der Waals surface area contributed by atoms with Crippen LogP contribution in [0, 0.1) is 18.6 Å². The molecule has 2 N–H and O–H groups in total. The zero-order valence-corrected chi connectivity index (χ0v) is 11.2. The molecule has 0 amide bonds. The van der Waals surface area contributed by atoms with Crippen molar-refractivity contribution in [2.24, 2.45) is 5.73 Å². The van der Waals surface area contributed by atoms with Gasteiger partial charge < -0.3 is 5.73 Å². The number of halogens is 3. The fourth-order valence-corrected chi connectivity index (χ4v) is 2.06. The van der Waals surface area contributed by atoms with E-state index in [1.807, 2.05) is 0 Å². The van der Waals surface area contributed by atoms with Gasteiger partial charge in [0.1, 0.15) is 0 Å². The topological polar surface area (TPSA) is 38.9 Å². The Morgan fingerprint density at radius 2 is 1.94 bits per heavy atom. The lowest BCUT2D eigenvalue weighted by Gasteiger charge is -2.14. The predicted octanol–water partition coefficient (Wildman–Crippen LogP) is 3.48. The number of benzene rings is 1. The van der Waals surface area contributed by atoms with E-state index in [9.17, 15) is 8.78 Å². The van der Waals surface area contributed by atoms with E-state index in [0.717, 1.165) is 4.47 Å². The second-order valence-electron chi connectivity index (χ2n) is 4.01. The standard InChI is InChI=1S/C13H11BrF2N2/c1-7-2-3-10(12(16)11(7)15)13(17)8-4-9(14)6-18-5-8/h2-6,13H,17H2,1H3. The third-order valence-electron chi connectivity index (χ3n) is 2.73. The molecule has 1 heterocycles. The highest BCUT2D eigenvalue weighted by Gasteiger charge is 2.18. The minimum Gasteiger partial charge on any atom is -0.320 e. The first-order chi connectivity index (χ1) is 8.50. The fourth-order valence-electron chi connectivity index (χ4n) is 1.68. The van der Waals surface area contributed by atoms with Crippen molar-refractivity contribution in [3.05, 3.63) is 63.4 Å². The van der Waals surface area contributed by atoms with Crippen LogP contribution in [0.5, 0.6) is 0 Å². The van der Waals surface area contributed by atoms with Crippen molar-refractivity contribution in [3.63, 3.8) is 0 Å². The monoisotopic (exact) mass is 312 g/mol. The molecule has 1 aromatic heterocycles. The van der Waals surface area contributed by atoms with Gasteiger partial charge in [-0.15, -0.1) is 0 Å². The Balaban J connectivity index is 2.46. The van der Waals surface area contributed by atoms with Crippen molar-refractivity contribution < 1.29 is 8.78 Å². The van der Waals surface area contributed by atoms with E-state index in [-0.39, 0.29) is 11.1 Å². The van der Waals surface area contributed by atoms with Gasteiger partial charge in [-0.05, 0) is 40.0 Å². The summed E-state index contributed by atoms with van der Waals surface area (Å²) in [4.78, 5) is 3.96. The van der Waals surface area contributed by atoms with Gasteiger partial charge in [0.15, 0.2) is 11.6 Å². The number of aromatic nitrogens is 1. The van der Waals surface area contributed by atoms with E-state index in [4.69, 9.17) is 5.73 Å². The summed E-state index contributed by atoms with van der Waals surface area (Å²) in [5, 5.41) is 0. The molecule has 2 aromatic rings. The quantitative estimate of drug-likeness (QED) is 0.922. The molecule has 0 aliphatic rings. The van der Waals surface area contributed by atoms with Crippen molar-refractivity contribution in [2.45, 2.75) is 13.0 Å². The highest BCUT2D eigenvalue weighted by atomic mass is 79.9. The second kappa shape index (κ2) is 5.12. The van der Waals surface area contributed by atoms with Gasteiger partial charge in [0.05, 0.1) is 6.04 Å². The maximum atomic E-state index is 13.8. The third-order valence-corrected chi connectivity index (χ3v) is 3.16. The summed E-state index contributed by atoms with van der Waals surface area (Å²) in [5.74, 6) is -1.76. The van der Waals surface area contributed by atoms with Crippen LogP contribution >= 0.6 is 15.9 Å². The average molecular weight is 313 g/mol. The number of nitrogens with two attached hydrogens (primary N) is 1. The Bertz CT molecular complexity index is 587. The fraction of sp³-hybridized carbons (Fsp3) is 0.154. The van der Waals surface area contributed by atoms with E-state index >= 15 is 0 Å². The van der Waals surface area contributed by atoms with Gasteiger partial charge >= 0.3 is 0 Å². The molecule has 0 saturated heterocycles. The van der Waals surface area contributed by atoms with Crippen LogP contribution in [-0.4, -0.2) is 4.98 Å². The van der Waals surface area contributed by atoms with Gasteiger partial charge in [0.25, 0.3) is 0 Å². The first-order valence-corrected chi connectivity index (χ1v) is 6.10. The zero-order valence-electron chi connectivity index (χ0n) is 9.62. The summed E-state index contributed by atoms with van der Waals surface area (Å²) in [6.45, 7) is 1.51. The number of aryl methyl sites for hydroxylation is 1. The molecule has 94 valence electrons. The van der Waals surface area contributed by atoms with Gasteiger partial charge in [0, 0.05) is 22.4 Å². The molecule has 0 aliphatic heterocycles. The van der Waals surface area contributed by atoms with Gasteiger partial charge in [0.2, 0.25) is 0 Å². The SMILES string of the molecule is Cc1ccc(C(N)c2cncc(Br)c2)c(F)c1F. The first-order valence-electron chi connectivity index (χ1n) is 5.31. The lowest BCUT2D eigenvalue weighted by Crippen LogP contribution is -2.15. The summed E-state index contributed by atoms with van der Waals surface area (Å²) in [7, 11) is 0. The molecule has 2 nitrogen and oxygen atoms in total. The molecule has 1 aromatic carbocycles. The minimum absolute atomic E-state index is 0.123. The Morgan fingerprint density at radius 3 is 2.61 bits per heavy atom. The van der Waals surface area contributed by atoms with Crippen molar-refractivity contribution in [1.82, 2.24) is 4.98 Å². The van der Waals surface area contributed by atoms with E-state index < -0.39 is 17.7 Å². The van der Waals surface area contributed by atoms with Crippen LogP contribution in [0.2, 0.25) is 0 Å². The van der Waals surface area contributed by atoms with E-state index in [2.05, 4.69) is 20.9 Å². The van der Waals surface area contributed by atoms with Crippen LogP contribution in [0.3, 0.4) is 0 Å². The van der Waals surface area contributed by atoms with Crippen molar-refractivity contribution in [3.8, 4) is 0 Å². The Morgan fingerprint density at radius 1 is 1.22 bits per heavy atom. The first kappa shape index (κ1) is 13.1. The smallest absolute Gasteiger partial charge is 0.164 e. The van der Waals surface area contributed by atoms with Crippen LogP contribution in [-0.2, 0) is 0 Å². The molecular weight excluding hydrogens is 302 g/mol. The van der Waals surface area contributed by atoms with E-state index in [0.29, 0.717) is 5.56 Å². The van der Waals surface area contributed by atoms with E-state index in [1.165, 1.54) is 25.3 Å². The molecule has 0 saturated carbocycles. The highest BCUT2D eigenvalue weighted by Crippen LogP contribution is 2.26. The zero-order chi connectivity index (χ0) is 13.3. The molecule has 5 heteroatoms. The summed E-state index contributed by atoms with van der Waals surface area (Å²) in [6, 6.07) is 4.00. The molecule has 2 rings (SSSR count). The second-order valence-corrected chi connectivity index (χ2v) is 4.93. The van der Waals surface area contributed by atoms with Crippen LogP contribution in [0.1, 0.15) is 22.7 Å². The maximum Gasteiger partial charge on any atom is 0.164 e. The summed E-state index contributed by atoms with van der Waals surface area (Å²) < 4.78 is 28.0.